The van der Waals surface area contributed by atoms with Crippen molar-refractivity contribution in [2.45, 2.75) is 11.0 Å². The molecular formula is C11H7BrF2N4O2. The van der Waals surface area contributed by atoms with Crippen molar-refractivity contribution in [1.29, 1.82) is 0 Å². The molecule has 2 unspecified atom stereocenters. The number of aromatic carboxylic acids is 1. The molecular weight excluding hydrogens is 338 g/mol. The van der Waals surface area contributed by atoms with Gasteiger partial charge in [-0.15, -0.1) is 0 Å². The van der Waals surface area contributed by atoms with Crippen molar-refractivity contribution in [3.8, 4) is 5.95 Å². The molecule has 2 N–H and O–H groups in total. The molecule has 0 spiro atoms. The fourth-order valence-electron chi connectivity index (χ4n) is 1.86. The summed E-state index contributed by atoms with van der Waals surface area (Å²) < 4.78 is 28.1. The molecule has 0 aromatic carbocycles. The number of aromatic amines is 1. The molecule has 6 nitrogen and oxygen atoms in total. The Morgan fingerprint density at radius 2 is 2.30 bits per heavy atom. The number of carboxylic acid groups (broad SMARTS) is 1. The number of imidazole rings is 1. The number of carbonyl (C=O) groups is 1. The lowest BCUT2D eigenvalue weighted by molar-refractivity contribution is 0.0697. The standard InChI is InChI=1S/C11H7BrF2N4O2/c12-7-8(14)5(13)1-6-9(7)17-11(16-6)18-3-4(2-15-18)10(19)20/h1-3,7-8H,(H,16,17)(H,19,20). The second-order valence-electron chi connectivity index (χ2n) is 4.17. The van der Waals surface area contributed by atoms with Gasteiger partial charge in [-0.25, -0.2) is 23.2 Å². The van der Waals surface area contributed by atoms with Crippen LogP contribution in [0.1, 0.15) is 26.6 Å². The van der Waals surface area contributed by atoms with Gasteiger partial charge in [0.15, 0.2) is 6.17 Å². The quantitative estimate of drug-likeness (QED) is 0.819. The van der Waals surface area contributed by atoms with E-state index in [1.54, 1.807) is 0 Å². The second kappa shape index (κ2) is 4.51. The van der Waals surface area contributed by atoms with E-state index in [-0.39, 0.29) is 17.2 Å². The summed E-state index contributed by atoms with van der Waals surface area (Å²) in [6.07, 6.45) is 1.62. The average Bonchev–Trinajstić information content (AvgIpc) is 3.01. The molecule has 0 amide bonds. The predicted octanol–water partition coefficient (Wildman–Crippen LogP) is 2.39. The fraction of sp³-hybridized carbons (Fsp3) is 0.182. The van der Waals surface area contributed by atoms with Crippen molar-refractivity contribution in [1.82, 2.24) is 19.7 Å². The maximum Gasteiger partial charge on any atom is 0.338 e. The van der Waals surface area contributed by atoms with E-state index in [1.807, 2.05) is 0 Å². The Balaban J connectivity index is 2.04. The minimum atomic E-state index is -1.79. The van der Waals surface area contributed by atoms with Crippen molar-refractivity contribution >= 4 is 28.0 Å². The van der Waals surface area contributed by atoms with E-state index < -0.39 is 22.8 Å². The molecule has 1 aliphatic carbocycles. The summed E-state index contributed by atoms with van der Waals surface area (Å²) >= 11 is 3.06. The van der Waals surface area contributed by atoms with Crippen molar-refractivity contribution in [2.24, 2.45) is 0 Å². The highest BCUT2D eigenvalue weighted by molar-refractivity contribution is 9.09. The molecule has 0 radical (unpaired) electrons. The van der Waals surface area contributed by atoms with E-state index in [4.69, 9.17) is 5.11 Å². The topological polar surface area (TPSA) is 83.8 Å². The lowest BCUT2D eigenvalue weighted by atomic mass is 10.1. The fourth-order valence-corrected chi connectivity index (χ4v) is 2.46. The Kier molecular flexibility index (Phi) is 2.93. The molecule has 2 atom stereocenters. The van der Waals surface area contributed by atoms with Gasteiger partial charge in [0.1, 0.15) is 5.83 Å². The van der Waals surface area contributed by atoms with Gasteiger partial charge in [0.2, 0.25) is 5.95 Å². The first kappa shape index (κ1) is 13.0. The summed E-state index contributed by atoms with van der Waals surface area (Å²) in [6, 6.07) is 0. The Morgan fingerprint density at radius 1 is 1.55 bits per heavy atom. The molecule has 3 rings (SSSR count). The molecule has 0 bridgehead atoms. The number of allylic oxidation sites excluding steroid dienone is 1. The summed E-state index contributed by atoms with van der Waals surface area (Å²) in [4.78, 5) is 16.8. The third-order valence-electron chi connectivity index (χ3n) is 2.87. The van der Waals surface area contributed by atoms with E-state index in [0.717, 1.165) is 12.3 Å². The Hall–Kier alpha value is -2.03. The van der Waals surface area contributed by atoms with Crippen LogP contribution in [-0.2, 0) is 0 Å². The third-order valence-corrected chi connectivity index (χ3v) is 3.79. The Morgan fingerprint density at radius 3 is 2.95 bits per heavy atom. The van der Waals surface area contributed by atoms with Crippen LogP contribution in [0.4, 0.5) is 8.78 Å². The van der Waals surface area contributed by atoms with Gasteiger partial charge in [0, 0.05) is 12.3 Å². The maximum absolute atomic E-state index is 13.5. The number of hydrogen-bond donors (Lipinski definition) is 2. The smallest absolute Gasteiger partial charge is 0.338 e. The number of H-pyrrole nitrogens is 1. The van der Waals surface area contributed by atoms with Gasteiger partial charge in [0.05, 0.1) is 28.0 Å². The minimum Gasteiger partial charge on any atom is -0.478 e. The zero-order valence-corrected chi connectivity index (χ0v) is 11.3. The van der Waals surface area contributed by atoms with Crippen LogP contribution in [0.25, 0.3) is 12.0 Å². The number of nitrogens with zero attached hydrogens (tertiary/aromatic N) is 3. The molecule has 2 aromatic heterocycles. The Labute approximate surface area is 119 Å². The molecule has 0 saturated carbocycles. The zero-order valence-electron chi connectivity index (χ0n) is 9.72. The van der Waals surface area contributed by atoms with Crippen molar-refractivity contribution in [3.63, 3.8) is 0 Å². The van der Waals surface area contributed by atoms with Gasteiger partial charge in [-0.2, -0.15) is 5.10 Å². The third kappa shape index (κ3) is 1.94. The van der Waals surface area contributed by atoms with E-state index in [9.17, 15) is 13.6 Å². The number of hydrogen-bond acceptors (Lipinski definition) is 3. The highest BCUT2D eigenvalue weighted by Gasteiger charge is 2.33. The van der Waals surface area contributed by atoms with Crippen LogP contribution in [0.15, 0.2) is 18.2 Å². The van der Waals surface area contributed by atoms with Gasteiger partial charge < -0.3 is 10.1 Å². The number of rotatable bonds is 2. The van der Waals surface area contributed by atoms with Crippen molar-refractivity contribution in [2.75, 3.05) is 0 Å². The number of carboxylic acids is 1. The number of aromatic nitrogens is 4. The van der Waals surface area contributed by atoms with Crippen LogP contribution >= 0.6 is 15.9 Å². The first-order chi connectivity index (χ1) is 9.47. The van der Waals surface area contributed by atoms with E-state index >= 15 is 0 Å². The summed E-state index contributed by atoms with van der Waals surface area (Å²) in [5.41, 5.74) is 0.613. The van der Waals surface area contributed by atoms with Gasteiger partial charge in [-0.1, -0.05) is 15.9 Å². The molecule has 2 heterocycles. The van der Waals surface area contributed by atoms with E-state index in [1.165, 1.54) is 10.9 Å². The van der Waals surface area contributed by atoms with E-state index in [0.29, 0.717) is 5.69 Å². The summed E-state index contributed by atoms with van der Waals surface area (Å²) in [5.74, 6) is -1.85. The summed E-state index contributed by atoms with van der Waals surface area (Å²) in [5, 5.41) is 12.7. The van der Waals surface area contributed by atoms with Crippen molar-refractivity contribution in [3.05, 3.63) is 35.2 Å². The van der Waals surface area contributed by atoms with Gasteiger partial charge >= 0.3 is 5.97 Å². The summed E-state index contributed by atoms with van der Waals surface area (Å²) in [6.45, 7) is 0. The van der Waals surface area contributed by atoms with Crippen LogP contribution in [0.5, 0.6) is 0 Å². The normalized spacial score (nSPS) is 21.4. The Bertz CT molecular complexity index is 724. The van der Waals surface area contributed by atoms with Gasteiger partial charge in [0.25, 0.3) is 0 Å². The molecule has 0 aliphatic heterocycles. The molecule has 2 aromatic rings. The molecule has 0 fully saturated rings. The number of halogens is 3. The molecule has 104 valence electrons. The molecule has 0 saturated heterocycles. The van der Waals surface area contributed by atoms with Crippen LogP contribution in [-0.4, -0.2) is 37.0 Å². The highest BCUT2D eigenvalue weighted by Crippen LogP contribution is 2.39. The minimum absolute atomic E-state index is 0.0140. The first-order valence-corrected chi connectivity index (χ1v) is 6.42. The monoisotopic (exact) mass is 344 g/mol. The number of fused-ring (bicyclic) bond motifs is 1. The highest BCUT2D eigenvalue weighted by atomic mass is 79.9. The van der Waals surface area contributed by atoms with E-state index in [2.05, 4.69) is 31.0 Å². The number of nitrogens with one attached hydrogen (secondary N) is 1. The van der Waals surface area contributed by atoms with Crippen molar-refractivity contribution < 1.29 is 18.7 Å². The van der Waals surface area contributed by atoms with Crippen LogP contribution in [0.2, 0.25) is 0 Å². The lowest BCUT2D eigenvalue weighted by Crippen LogP contribution is -2.14. The SMILES string of the molecule is O=C(O)c1cnn(-c2nc3c([nH]2)C(Br)C(F)C(F)=C3)c1. The largest absolute Gasteiger partial charge is 0.478 e. The average molecular weight is 345 g/mol. The lowest BCUT2D eigenvalue weighted by Gasteiger charge is -2.16. The zero-order chi connectivity index (χ0) is 14.4. The number of alkyl halides is 2. The summed E-state index contributed by atoms with van der Waals surface area (Å²) in [7, 11) is 0. The van der Waals surface area contributed by atoms with Crippen LogP contribution in [0.3, 0.4) is 0 Å². The van der Waals surface area contributed by atoms with Gasteiger partial charge in [-0.05, 0) is 0 Å². The van der Waals surface area contributed by atoms with Gasteiger partial charge in [-0.3, -0.25) is 0 Å². The molecule has 20 heavy (non-hydrogen) atoms. The van der Waals surface area contributed by atoms with Crippen LogP contribution < -0.4 is 0 Å². The predicted molar refractivity (Wildman–Crippen MR) is 68.3 cm³/mol. The first-order valence-electron chi connectivity index (χ1n) is 5.51. The second-order valence-corrected chi connectivity index (χ2v) is 5.16. The maximum atomic E-state index is 13.5. The molecule has 9 heteroatoms. The molecule has 1 aliphatic rings. The van der Waals surface area contributed by atoms with Crippen LogP contribution in [0, 0.1) is 0 Å².